The fraction of sp³-hybridized carbons (Fsp3) is 0.250. The summed E-state index contributed by atoms with van der Waals surface area (Å²) >= 11 is 0. The summed E-state index contributed by atoms with van der Waals surface area (Å²) in [5.74, 6) is 0.929. The van der Waals surface area contributed by atoms with Crippen molar-refractivity contribution in [3.05, 3.63) is 59.4 Å². The molecule has 3 aromatic carbocycles. The van der Waals surface area contributed by atoms with Crippen molar-refractivity contribution in [2.75, 3.05) is 61.4 Å². The number of halogens is 1. The summed E-state index contributed by atoms with van der Waals surface area (Å²) in [6.07, 6.45) is 0. The summed E-state index contributed by atoms with van der Waals surface area (Å²) in [6.45, 7) is 4.27. The summed E-state index contributed by atoms with van der Waals surface area (Å²) in [5.41, 5.74) is 32.6. The van der Waals surface area contributed by atoms with Crippen molar-refractivity contribution >= 4 is 34.1 Å². The quantitative estimate of drug-likeness (QED) is 0.273. The van der Waals surface area contributed by atoms with Crippen LogP contribution < -0.4 is 43.5 Å². The molecular formula is C24H35FN6O3. The van der Waals surface area contributed by atoms with E-state index in [1.54, 1.807) is 39.3 Å². The predicted octanol–water partition coefficient (Wildman–Crippen LogP) is 3.15. The Balaban J connectivity index is 0.000000257. The summed E-state index contributed by atoms with van der Waals surface area (Å²) in [7, 11) is 3.16. The van der Waals surface area contributed by atoms with E-state index in [0.29, 0.717) is 46.4 Å². The molecule has 0 spiro atoms. The smallest absolute Gasteiger partial charge is 0.146 e. The Morgan fingerprint density at radius 2 is 1.26 bits per heavy atom. The van der Waals surface area contributed by atoms with E-state index >= 15 is 0 Å². The molecule has 0 amide bonds. The fourth-order valence-electron chi connectivity index (χ4n) is 2.64. The second-order valence-electron chi connectivity index (χ2n) is 7.29. The molecule has 186 valence electrons. The molecule has 34 heavy (non-hydrogen) atoms. The van der Waals surface area contributed by atoms with Crippen LogP contribution in [0.3, 0.4) is 0 Å². The molecule has 0 aliphatic rings. The minimum Gasteiger partial charge on any atom is -0.495 e. The van der Waals surface area contributed by atoms with Gasteiger partial charge < -0.3 is 48.6 Å². The van der Waals surface area contributed by atoms with Gasteiger partial charge in [0.1, 0.15) is 17.3 Å². The Morgan fingerprint density at radius 3 is 1.76 bits per heavy atom. The number of ether oxygens (including phenoxy) is 2. The highest BCUT2D eigenvalue weighted by atomic mass is 19.1. The summed E-state index contributed by atoms with van der Waals surface area (Å²) in [5, 5.41) is 11.6. The van der Waals surface area contributed by atoms with Gasteiger partial charge in [0.25, 0.3) is 0 Å². The number of hydrogen-bond donors (Lipinski definition) is 7. The Morgan fingerprint density at radius 1 is 0.735 bits per heavy atom. The van der Waals surface area contributed by atoms with Gasteiger partial charge in [0.05, 0.1) is 37.9 Å². The van der Waals surface area contributed by atoms with E-state index in [4.69, 9.17) is 43.2 Å². The molecule has 12 N–H and O–H groups in total. The van der Waals surface area contributed by atoms with Crippen molar-refractivity contribution < 1.29 is 19.0 Å². The number of rotatable bonds is 5. The maximum atomic E-state index is 12.6. The van der Waals surface area contributed by atoms with Gasteiger partial charge in [0.15, 0.2) is 0 Å². The van der Waals surface area contributed by atoms with E-state index in [2.05, 4.69) is 5.32 Å². The zero-order valence-corrected chi connectivity index (χ0v) is 20.0. The first-order valence-corrected chi connectivity index (χ1v) is 10.3. The van der Waals surface area contributed by atoms with Crippen molar-refractivity contribution in [1.29, 1.82) is 0 Å². The van der Waals surface area contributed by atoms with Gasteiger partial charge >= 0.3 is 0 Å². The van der Waals surface area contributed by atoms with E-state index in [1.165, 1.54) is 12.1 Å². The highest BCUT2D eigenvalue weighted by molar-refractivity contribution is 5.64. The average molecular weight is 475 g/mol. The Kier molecular flexibility index (Phi) is 11.1. The summed E-state index contributed by atoms with van der Waals surface area (Å²) in [6, 6.07) is 11.7. The van der Waals surface area contributed by atoms with Crippen molar-refractivity contribution in [2.24, 2.45) is 0 Å². The number of aliphatic hydroxyl groups is 1. The van der Waals surface area contributed by atoms with Crippen LogP contribution in [0.1, 0.15) is 11.1 Å². The Labute approximate surface area is 199 Å². The number of benzene rings is 3. The van der Waals surface area contributed by atoms with Gasteiger partial charge in [-0.25, -0.2) is 4.39 Å². The van der Waals surface area contributed by atoms with Gasteiger partial charge in [-0.15, -0.1) is 0 Å². The molecule has 0 bridgehead atoms. The topological polar surface area (TPSA) is 181 Å². The third-order valence-corrected chi connectivity index (χ3v) is 4.67. The molecule has 0 unspecified atom stereocenters. The molecule has 3 rings (SSSR count). The Hall–Kier alpha value is -4.05. The predicted molar refractivity (Wildman–Crippen MR) is 139 cm³/mol. The molecular weight excluding hydrogens is 439 g/mol. The van der Waals surface area contributed by atoms with Gasteiger partial charge in [-0.2, -0.15) is 0 Å². The third-order valence-electron chi connectivity index (χ3n) is 4.67. The normalized spacial score (nSPS) is 9.71. The highest BCUT2D eigenvalue weighted by Crippen LogP contribution is 2.26. The molecule has 0 aromatic heterocycles. The maximum Gasteiger partial charge on any atom is 0.146 e. The molecule has 0 aliphatic carbocycles. The SMILES string of the molecule is COc1cc(C)c(N)cc1N.COc1ccc(NCCO)cc1N.Cc1cc(F)c(N)cc1N. The fourth-order valence-corrected chi connectivity index (χ4v) is 2.64. The first kappa shape index (κ1) is 28.0. The molecule has 0 radical (unpaired) electrons. The standard InChI is InChI=1S/C9H14N2O2.C8H12N2O.C7H9FN2/c1-13-9-3-2-7(6-8(9)10)11-4-5-12;1-5-3-8(11-2)7(10)4-6(5)9;1-4-2-5(8)7(10)3-6(4)9/h2-3,6,11-12H,4-5,10H2,1H3;3-4H,9-10H2,1-2H3;2-3H,9-10H2,1H3. The largest absolute Gasteiger partial charge is 0.495 e. The zero-order chi connectivity index (χ0) is 25.8. The number of methoxy groups -OCH3 is 2. The van der Waals surface area contributed by atoms with Crippen LogP contribution in [0.2, 0.25) is 0 Å². The lowest BCUT2D eigenvalue weighted by atomic mass is 10.2. The monoisotopic (exact) mass is 474 g/mol. The molecule has 9 nitrogen and oxygen atoms in total. The number of anilines is 6. The number of nitrogens with two attached hydrogens (primary N) is 5. The molecule has 0 saturated carbocycles. The molecule has 3 aromatic rings. The summed E-state index contributed by atoms with van der Waals surface area (Å²) in [4.78, 5) is 0. The second kappa shape index (κ2) is 13.5. The van der Waals surface area contributed by atoms with E-state index in [1.807, 2.05) is 19.1 Å². The van der Waals surface area contributed by atoms with Crippen LogP contribution in [0.4, 0.5) is 38.5 Å². The summed E-state index contributed by atoms with van der Waals surface area (Å²) < 4.78 is 22.6. The Bertz CT molecular complexity index is 1030. The zero-order valence-electron chi connectivity index (χ0n) is 20.0. The first-order valence-electron chi connectivity index (χ1n) is 10.3. The highest BCUT2D eigenvalue weighted by Gasteiger charge is 2.02. The third kappa shape index (κ3) is 8.47. The van der Waals surface area contributed by atoms with Crippen molar-refractivity contribution in [3.8, 4) is 11.5 Å². The van der Waals surface area contributed by atoms with Crippen LogP contribution in [0.15, 0.2) is 42.5 Å². The van der Waals surface area contributed by atoms with E-state index in [0.717, 1.165) is 11.3 Å². The molecule has 0 fully saturated rings. The van der Waals surface area contributed by atoms with Crippen molar-refractivity contribution in [3.63, 3.8) is 0 Å². The van der Waals surface area contributed by atoms with Gasteiger partial charge in [-0.1, -0.05) is 0 Å². The molecule has 10 heteroatoms. The van der Waals surface area contributed by atoms with Crippen LogP contribution in [0, 0.1) is 19.7 Å². The lowest BCUT2D eigenvalue weighted by Gasteiger charge is -2.08. The number of nitrogen functional groups attached to an aromatic ring is 5. The van der Waals surface area contributed by atoms with Gasteiger partial charge in [-0.3, -0.25) is 0 Å². The first-order chi connectivity index (χ1) is 16.0. The molecule has 0 heterocycles. The lowest BCUT2D eigenvalue weighted by molar-refractivity contribution is 0.311. The number of nitrogens with one attached hydrogen (secondary N) is 1. The van der Waals surface area contributed by atoms with Gasteiger partial charge in [0, 0.05) is 23.6 Å². The van der Waals surface area contributed by atoms with Crippen molar-refractivity contribution in [2.45, 2.75) is 13.8 Å². The number of aryl methyl sites for hydroxylation is 2. The van der Waals surface area contributed by atoms with E-state index in [9.17, 15) is 4.39 Å². The van der Waals surface area contributed by atoms with Crippen LogP contribution in [-0.2, 0) is 0 Å². The van der Waals surface area contributed by atoms with Crippen LogP contribution >= 0.6 is 0 Å². The van der Waals surface area contributed by atoms with Crippen LogP contribution in [0.5, 0.6) is 11.5 Å². The molecule has 0 aliphatic heterocycles. The maximum absolute atomic E-state index is 12.6. The second-order valence-corrected chi connectivity index (χ2v) is 7.29. The average Bonchev–Trinajstić information content (AvgIpc) is 2.80. The van der Waals surface area contributed by atoms with Gasteiger partial charge in [0.2, 0.25) is 0 Å². The number of hydrogen-bond acceptors (Lipinski definition) is 9. The van der Waals surface area contributed by atoms with Crippen LogP contribution in [-0.4, -0.2) is 32.5 Å². The minimum absolute atomic E-state index is 0.100. The van der Waals surface area contributed by atoms with E-state index in [-0.39, 0.29) is 12.3 Å². The van der Waals surface area contributed by atoms with Crippen LogP contribution in [0.25, 0.3) is 0 Å². The van der Waals surface area contributed by atoms with E-state index < -0.39 is 5.82 Å². The minimum atomic E-state index is -0.410. The lowest BCUT2D eigenvalue weighted by Crippen LogP contribution is -2.05. The van der Waals surface area contributed by atoms with Gasteiger partial charge in [-0.05, 0) is 67.4 Å². The van der Waals surface area contributed by atoms with Crippen molar-refractivity contribution in [1.82, 2.24) is 0 Å². The molecule has 0 saturated heterocycles. The molecule has 0 atom stereocenters. The number of aliphatic hydroxyl groups excluding tert-OH is 1.